The highest BCUT2D eigenvalue weighted by atomic mass is 79.9. The third-order valence-corrected chi connectivity index (χ3v) is 5.71. The van der Waals surface area contributed by atoms with Gasteiger partial charge in [-0.2, -0.15) is 0 Å². The van der Waals surface area contributed by atoms with Crippen LogP contribution in [-0.4, -0.2) is 35.0 Å². The molecule has 1 saturated heterocycles. The molecule has 1 fully saturated rings. The highest BCUT2D eigenvalue weighted by molar-refractivity contribution is 9.10. The Labute approximate surface area is 185 Å². The first kappa shape index (κ1) is 21.4. The second kappa shape index (κ2) is 9.43. The molecule has 6 nitrogen and oxygen atoms in total. The number of halogens is 1. The number of carboxylic acids is 1. The summed E-state index contributed by atoms with van der Waals surface area (Å²) in [5.41, 5.74) is 1.44. The SMILES string of the molecule is COc1cc(/C=C2/SC(=S)N(c3cccc(Br)c3)C2=O)ccc1OCCC(=O)O. The van der Waals surface area contributed by atoms with Crippen molar-refractivity contribution in [2.45, 2.75) is 6.42 Å². The van der Waals surface area contributed by atoms with E-state index in [2.05, 4.69) is 15.9 Å². The number of carbonyl (C=O) groups is 2. The predicted octanol–water partition coefficient (Wildman–Crippen LogP) is 4.72. The van der Waals surface area contributed by atoms with Crippen LogP contribution in [0.25, 0.3) is 6.08 Å². The molecule has 0 spiro atoms. The molecule has 1 heterocycles. The smallest absolute Gasteiger partial charge is 0.306 e. The highest BCUT2D eigenvalue weighted by Crippen LogP contribution is 2.37. The average molecular weight is 494 g/mol. The molecule has 0 aromatic heterocycles. The number of anilines is 1. The molecule has 1 N–H and O–H groups in total. The zero-order valence-corrected chi connectivity index (χ0v) is 18.5. The monoisotopic (exact) mass is 493 g/mol. The lowest BCUT2D eigenvalue weighted by atomic mass is 10.2. The fraction of sp³-hybridized carbons (Fsp3) is 0.150. The number of methoxy groups -OCH3 is 1. The number of ether oxygens (including phenoxy) is 2. The number of hydrogen-bond donors (Lipinski definition) is 1. The van der Waals surface area contributed by atoms with Gasteiger partial charge in [0.05, 0.1) is 30.7 Å². The largest absolute Gasteiger partial charge is 0.493 e. The van der Waals surface area contributed by atoms with Crippen LogP contribution in [0.1, 0.15) is 12.0 Å². The predicted molar refractivity (Wildman–Crippen MR) is 121 cm³/mol. The second-order valence-corrected chi connectivity index (χ2v) is 8.49. The van der Waals surface area contributed by atoms with Crippen molar-refractivity contribution in [3.8, 4) is 11.5 Å². The molecule has 9 heteroatoms. The van der Waals surface area contributed by atoms with E-state index < -0.39 is 5.97 Å². The molecule has 3 rings (SSSR count). The summed E-state index contributed by atoms with van der Waals surface area (Å²) < 4.78 is 12.1. The molecule has 0 unspecified atom stereocenters. The van der Waals surface area contributed by atoms with Gasteiger partial charge in [0.25, 0.3) is 5.91 Å². The first-order valence-electron chi connectivity index (χ1n) is 8.45. The summed E-state index contributed by atoms with van der Waals surface area (Å²) in [4.78, 5) is 25.5. The number of thiocarbonyl (C=S) groups is 1. The third kappa shape index (κ3) is 5.17. The van der Waals surface area contributed by atoms with Crippen LogP contribution in [-0.2, 0) is 9.59 Å². The molecule has 1 aliphatic heterocycles. The van der Waals surface area contributed by atoms with Gasteiger partial charge in [0.1, 0.15) is 0 Å². The molecule has 2 aromatic rings. The van der Waals surface area contributed by atoms with Crippen molar-refractivity contribution in [2.24, 2.45) is 0 Å². The number of hydrogen-bond acceptors (Lipinski definition) is 6. The number of amides is 1. The topological polar surface area (TPSA) is 76.1 Å². The van der Waals surface area contributed by atoms with Crippen LogP contribution in [0.5, 0.6) is 11.5 Å². The Morgan fingerprint density at radius 1 is 1.28 bits per heavy atom. The van der Waals surface area contributed by atoms with Crippen molar-refractivity contribution >= 4 is 67.9 Å². The molecule has 0 saturated carbocycles. The van der Waals surface area contributed by atoms with Gasteiger partial charge in [-0.25, -0.2) is 0 Å². The highest BCUT2D eigenvalue weighted by Gasteiger charge is 2.33. The van der Waals surface area contributed by atoms with Gasteiger partial charge in [-0.1, -0.05) is 52.0 Å². The number of aliphatic carboxylic acids is 1. The Kier molecular flexibility index (Phi) is 6.94. The zero-order valence-electron chi connectivity index (χ0n) is 15.3. The first-order chi connectivity index (χ1) is 13.9. The standard InChI is InChI=1S/C20H16BrNO5S2/c1-26-16-9-12(5-6-15(16)27-8-7-18(23)24)10-17-19(25)22(20(28)29-17)14-4-2-3-13(21)11-14/h2-6,9-11H,7-8H2,1H3,(H,23,24)/b17-10+. The summed E-state index contributed by atoms with van der Waals surface area (Å²) in [5.74, 6) is -0.244. The van der Waals surface area contributed by atoms with E-state index in [4.69, 9.17) is 26.8 Å². The van der Waals surface area contributed by atoms with E-state index in [1.807, 2.05) is 24.3 Å². The number of thioether (sulfide) groups is 1. The van der Waals surface area contributed by atoms with Crippen molar-refractivity contribution in [1.29, 1.82) is 0 Å². The second-order valence-electron chi connectivity index (χ2n) is 5.90. The minimum atomic E-state index is -0.937. The van der Waals surface area contributed by atoms with Crippen molar-refractivity contribution in [2.75, 3.05) is 18.6 Å². The van der Waals surface area contributed by atoms with Crippen LogP contribution >= 0.6 is 39.9 Å². The van der Waals surface area contributed by atoms with E-state index in [0.29, 0.717) is 26.4 Å². The Morgan fingerprint density at radius 3 is 2.76 bits per heavy atom. The van der Waals surface area contributed by atoms with Gasteiger partial charge in [0.15, 0.2) is 15.8 Å². The molecule has 0 bridgehead atoms. The molecule has 29 heavy (non-hydrogen) atoms. The van der Waals surface area contributed by atoms with Crippen molar-refractivity contribution < 1.29 is 24.2 Å². The molecule has 1 aliphatic rings. The third-order valence-electron chi connectivity index (χ3n) is 3.92. The Morgan fingerprint density at radius 2 is 2.07 bits per heavy atom. The maximum Gasteiger partial charge on any atom is 0.306 e. The Hall–Kier alpha value is -2.36. The van der Waals surface area contributed by atoms with Crippen LogP contribution in [0.3, 0.4) is 0 Å². The minimum Gasteiger partial charge on any atom is -0.493 e. The van der Waals surface area contributed by atoms with Gasteiger partial charge in [-0.15, -0.1) is 0 Å². The van der Waals surface area contributed by atoms with Crippen LogP contribution in [0, 0.1) is 0 Å². The van der Waals surface area contributed by atoms with Crippen LogP contribution in [0.15, 0.2) is 51.8 Å². The minimum absolute atomic E-state index is 0.0380. The molecule has 0 radical (unpaired) electrons. The molecule has 2 aromatic carbocycles. The van der Waals surface area contributed by atoms with Crippen molar-refractivity contribution in [3.05, 3.63) is 57.4 Å². The number of benzene rings is 2. The number of carboxylic acid groups (broad SMARTS) is 1. The lowest BCUT2D eigenvalue weighted by Gasteiger charge is -2.14. The number of carbonyl (C=O) groups excluding carboxylic acids is 1. The molecule has 1 amide bonds. The normalized spacial score (nSPS) is 15.1. The van der Waals surface area contributed by atoms with Crippen LogP contribution < -0.4 is 14.4 Å². The van der Waals surface area contributed by atoms with Gasteiger partial charge < -0.3 is 14.6 Å². The van der Waals surface area contributed by atoms with Crippen molar-refractivity contribution in [3.63, 3.8) is 0 Å². The first-order valence-corrected chi connectivity index (χ1v) is 10.5. The molecular weight excluding hydrogens is 478 g/mol. The van der Waals surface area contributed by atoms with E-state index in [0.717, 1.165) is 10.0 Å². The number of nitrogens with zero attached hydrogens (tertiary/aromatic N) is 1. The maximum absolute atomic E-state index is 12.9. The van der Waals surface area contributed by atoms with Gasteiger partial charge >= 0.3 is 5.97 Å². The molecule has 0 atom stereocenters. The Bertz CT molecular complexity index is 1010. The van der Waals surface area contributed by atoms with Gasteiger partial charge in [-0.05, 0) is 42.0 Å². The lowest BCUT2D eigenvalue weighted by molar-refractivity contribution is -0.137. The summed E-state index contributed by atoms with van der Waals surface area (Å²) in [6.45, 7) is 0.0380. The van der Waals surface area contributed by atoms with Gasteiger partial charge in [0, 0.05) is 4.47 Å². The molecular formula is C20H16BrNO5S2. The fourth-order valence-electron chi connectivity index (χ4n) is 2.60. The van der Waals surface area contributed by atoms with Crippen LogP contribution in [0.4, 0.5) is 5.69 Å². The number of rotatable bonds is 7. The summed E-state index contributed by atoms with van der Waals surface area (Å²) in [5, 5.41) is 8.72. The zero-order chi connectivity index (χ0) is 21.0. The Balaban J connectivity index is 1.81. The van der Waals surface area contributed by atoms with E-state index in [1.165, 1.54) is 23.8 Å². The van der Waals surface area contributed by atoms with Gasteiger partial charge in [-0.3, -0.25) is 14.5 Å². The quantitative estimate of drug-likeness (QED) is 0.441. The summed E-state index contributed by atoms with van der Waals surface area (Å²) >= 11 is 10.0. The summed E-state index contributed by atoms with van der Waals surface area (Å²) in [6.07, 6.45) is 1.63. The van der Waals surface area contributed by atoms with E-state index >= 15 is 0 Å². The average Bonchev–Trinajstić information content (AvgIpc) is 2.95. The van der Waals surface area contributed by atoms with Crippen LogP contribution in [0.2, 0.25) is 0 Å². The van der Waals surface area contributed by atoms with E-state index in [9.17, 15) is 9.59 Å². The van der Waals surface area contributed by atoms with Gasteiger partial charge in [0.2, 0.25) is 0 Å². The maximum atomic E-state index is 12.9. The molecule has 150 valence electrons. The van der Waals surface area contributed by atoms with E-state index in [1.54, 1.807) is 24.3 Å². The van der Waals surface area contributed by atoms with Crippen molar-refractivity contribution in [1.82, 2.24) is 0 Å². The summed E-state index contributed by atoms with van der Waals surface area (Å²) in [6, 6.07) is 12.6. The fourth-order valence-corrected chi connectivity index (χ4v) is 4.28. The lowest BCUT2D eigenvalue weighted by Crippen LogP contribution is -2.27. The van der Waals surface area contributed by atoms with E-state index in [-0.39, 0.29) is 18.9 Å². The molecule has 0 aliphatic carbocycles. The summed E-state index contributed by atoms with van der Waals surface area (Å²) in [7, 11) is 1.50.